The van der Waals surface area contributed by atoms with Crippen LogP contribution in [0, 0.1) is 4.91 Å². The second-order valence-corrected chi connectivity index (χ2v) is 3.93. The number of rotatable bonds is 4. The molecule has 17 heavy (non-hydrogen) atoms. The summed E-state index contributed by atoms with van der Waals surface area (Å²) in [6, 6.07) is -1.12. The van der Waals surface area contributed by atoms with Gasteiger partial charge in [-0.2, -0.15) is 10.0 Å². The molecule has 1 aliphatic heterocycles. The van der Waals surface area contributed by atoms with Gasteiger partial charge in [-0.3, -0.25) is 4.79 Å². The SMILES string of the molecule is CC(=O)N=NC1C(N=O)CC(CON)OC1C. The molecule has 1 amide bonds. The Balaban J connectivity index is 2.70. The molecule has 1 heterocycles. The first-order valence-electron chi connectivity index (χ1n) is 5.29. The fraction of sp³-hybridized carbons (Fsp3) is 0.889. The Morgan fingerprint density at radius 3 is 2.82 bits per heavy atom. The van der Waals surface area contributed by atoms with Crippen molar-refractivity contribution in [1.29, 1.82) is 0 Å². The van der Waals surface area contributed by atoms with Gasteiger partial charge >= 0.3 is 0 Å². The molecule has 8 heteroatoms. The van der Waals surface area contributed by atoms with Crippen LogP contribution < -0.4 is 5.90 Å². The number of carbonyl (C=O) groups is 1. The van der Waals surface area contributed by atoms with Gasteiger partial charge in [0.2, 0.25) is 0 Å². The molecule has 1 fully saturated rings. The fourth-order valence-electron chi connectivity index (χ4n) is 1.80. The molecule has 0 radical (unpaired) electrons. The van der Waals surface area contributed by atoms with E-state index in [-0.39, 0.29) is 18.8 Å². The highest BCUT2D eigenvalue weighted by atomic mass is 16.6. The average Bonchev–Trinajstić information content (AvgIpc) is 2.27. The summed E-state index contributed by atoms with van der Waals surface area (Å²) in [5, 5.41) is 10.2. The summed E-state index contributed by atoms with van der Waals surface area (Å²) < 4.78 is 5.53. The number of hydrogen-bond donors (Lipinski definition) is 1. The number of hydrogen-bond acceptors (Lipinski definition) is 7. The fourth-order valence-corrected chi connectivity index (χ4v) is 1.80. The van der Waals surface area contributed by atoms with Crippen LogP contribution in [0.5, 0.6) is 0 Å². The summed E-state index contributed by atoms with van der Waals surface area (Å²) in [6.45, 7) is 3.21. The lowest BCUT2D eigenvalue weighted by molar-refractivity contribution is -0.116. The predicted molar refractivity (Wildman–Crippen MR) is 58.0 cm³/mol. The highest BCUT2D eigenvalue weighted by Gasteiger charge is 2.38. The Morgan fingerprint density at radius 1 is 1.59 bits per heavy atom. The van der Waals surface area contributed by atoms with Gasteiger partial charge < -0.3 is 9.57 Å². The van der Waals surface area contributed by atoms with Crippen molar-refractivity contribution < 1.29 is 14.4 Å². The van der Waals surface area contributed by atoms with Crippen molar-refractivity contribution in [1.82, 2.24) is 0 Å². The van der Waals surface area contributed by atoms with Crippen molar-refractivity contribution in [3.05, 3.63) is 4.91 Å². The number of amides is 1. The molecule has 1 rings (SSSR count). The molecule has 0 spiro atoms. The molecular formula is C9H16N4O4. The Kier molecular flexibility index (Phi) is 5.26. The monoisotopic (exact) mass is 244 g/mol. The van der Waals surface area contributed by atoms with Crippen molar-refractivity contribution in [2.75, 3.05) is 6.61 Å². The van der Waals surface area contributed by atoms with E-state index in [9.17, 15) is 9.70 Å². The smallest absolute Gasteiger partial charge is 0.261 e. The maximum atomic E-state index is 10.7. The van der Waals surface area contributed by atoms with Gasteiger partial charge in [-0.25, -0.2) is 5.90 Å². The zero-order valence-electron chi connectivity index (χ0n) is 9.78. The third-order valence-electron chi connectivity index (χ3n) is 2.54. The van der Waals surface area contributed by atoms with Gasteiger partial charge in [0.25, 0.3) is 5.91 Å². The Labute approximate surface area is 98.5 Å². The van der Waals surface area contributed by atoms with Crippen molar-refractivity contribution in [2.45, 2.75) is 44.6 Å². The van der Waals surface area contributed by atoms with Crippen molar-refractivity contribution in [3.63, 3.8) is 0 Å². The van der Waals surface area contributed by atoms with E-state index in [4.69, 9.17) is 10.6 Å². The summed E-state index contributed by atoms with van der Waals surface area (Å²) in [6.07, 6.45) is -0.303. The first kappa shape index (κ1) is 13.8. The maximum absolute atomic E-state index is 10.7. The largest absolute Gasteiger partial charge is 0.370 e. The number of azo groups is 1. The van der Waals surface area contributed by atoms with Gasteiger partial charge in [0.1, 0.15) is 12.1 Å². The van der Waals surface area contributed by atoms with Crippen LogP contribution in [0.1, 0.15) is 20.3 Å². The molecule has 0 aliphatic carbocycles. The summed E-state index contributed by atoms with van der Waals surface area (Å²) in [5.74, 6) is 4.53. The minimum absolute atomic E-state index is 0.187. The summed E-state index contributed by atoms with van der Waals surface area (Å²) in [4.78, 5) is 25.9. The summed E-state index contributed by atoms with van der Waals surface area (Å²) in [7, 11) is 0. The Bertz CT molecular complexity index is 309. The second-order valence-electron chi connectivity index (χ2n) is 3.93. The van der Waals surface area contributed by atoms with E-state index in [1.54, 1.807) is 6.92 Å². The van der Waals surface area contributed by atoms with Crippen LogP contribution >= 0.6 is 0 Å². The predicted octanol–water partition coefficient (Wildman–Crippen LogP) is 0.556. The van der Waals surface area contributed by atoms with E-state index in [1.165, 1.54) is 6.92 Å². The Morgan fingerprint density at radius 2 is 2.29 bits per heavy atom. The van der Waals surface area contributed by atoms with Crippen LogP contribution in [0.2, 0.25) is 0 Å². The first-order valence-corrected chi connectivity index (χ1v) is 5.29. The molecule has 0 aromatic heterocycles. The molecule has 8 nitrogen and oxygen atoms in total. The van der Waals surface area contributed by atoms with Gasteiger partial charge in [-0.1, -0.05) is 5.18 Å². The van der Waals surface area contributed by atoms with Crippen molar-refractivity contribution in [2.24, 2.45) is 21.3 Å². The number of nitrogens with two attached hydrogens (primary N) is 1. The van der Waals surface area contributed by atoms with Gasteiger partial charge in [-0.05, 0) is 6.92 Å². The lowest BCUT2D eigenvalue weighted by Crippen LogP contribution is -2.46. The molecule has 2 N–H and O–H groups in total. The van der Waals surface area contributed by atoms with Gasteiger partial charge in [-0.15, -0.1) is 5.11 Å². The molecule has 1 saturated heterocycles. The minimum Gasteiger partial charge on any atom is -0.370 e. The third kappa shape index (κ3) is 3.91. The van der Waals surface area contributed by atoms with E-state index in [2.05, 4.69) is 20.2 Å². The highest BCUT2D eigenvalue weighted by Crippen LogP contribution is 2.25. The van der Waals surface area contributed by atoms with Crippen molar-refractivity contribution in [3.8, 4) is 0 Å². The average molecular weight is 244 g/mol. The maximum Gasteiger partial charge on any atom is 0.261 e. The minimum atomic E-state index is -0.581. The molecule has 0 aromatic rings. The number of nitroso groups, excluding NO2 is 1. The molecule has 0 bridgehead atoms. The quantitative estimate of drug-likeness (QED) is 0.440. The van der Waals surface area contributed by atoms with Gasteiger partial charge in [0.15, 0.2) is 0 Å². The van der Waals surface area contributed by atoms with Crippen molar-refractivity contribution >= 4 is 5.91 Å². The molecular weight excluding hydrogens is 228 g/mol. The summed E-state index contributed by atoms with van der Waals surface area (Å²) >= 11 is 0. The molecule has 0 saturated carbocycles. The van der Waals surface area contributed by atoms with Gasteiger partial charge in [0.05, 0.1) is 18.8 Å². The van der Waals surface area contributed by atoms with Crippen LogP contribution in [-0.2, 0) is 14.4 Å². The normalized spacial score (nSPS) is 33.8. The zero-order chi connectivity index (χ0) is 12.8. The zero-order valence-corrected chi connectivity index (χ0v) is 9.78. The standard InChI is InChI=1S/C9H16N4O4/c1-5-9(12-11-6(2)14)8(13-15)3-7(17-5)4-16-10/h5,7-9H,3-4,10H2,1-2H3. The molecule has 0 aromatic carbocycles. The van der Waals surface area contributed by atoms with Gasteiger partial charge in [0, 0.05) is 13.3 Å². The van der Waals surface area contributed by atoms with E-state index in [0.717, 1.165) is 0 Å². The van der Waals surface area contributed by atoms with E-state index in [1.807, 2.05) is 0 Å². The molecule has 4 atom stereocenters. The molecule has 96 valence electrons. The third-order valence-corrected chi connectivity index (χ3v) is 2.54. The number of nitrogens with zero attached hydrogens (tertiary/aromatic N) is 3. The lowest BCUT2D eigenvalue weighted by Gasteiger charge is -2.34. The second kappa shape index (κ2) is 6.48. The van der Waals surface area contributed by atoms with Crippen LogP contribution in [-0.4, -0.2) is 36.8 Å². The van der Waals surface area contributed by atoms with E-state index in [0.29, 0.717) is 6.42 Å². The van der Waals surface area contributed by atoms with Crippen LogP contribution in [0.25, 0.3) is 0 Å². The number of ether oxygens (including phenoxy) is 1. The molecule has 1 aliphatic rings. The van der Waals surface area contributed by atoms with E-state index >= 15 is 0 Å². The summed E-state index contributed by atoms with van der Waals surface area (Å²) in [5.41, 5.74) is 0. The van der Waals surface area contributed by atoms with Crippen LogP contribution in [0.3, 0.4) is 0 Å². The highest BCUT2D eigenvalue weighted by molar-refractivity contribution is 5.73. The first-order chi connectivity index (χ1) is 8.08. The van der Waals surface area contributed by atoms with E-state index < -0.39 is 18.0 Å². The Hall–Kier alpha value is -1.25. The van der Waals surface area contributed by atoms with Crippen LogP contribution in [0.4, 0.5) is 0 Å². The van der Waals surface area contributed by atoms with Crippen LogP contribution in [0.15, 0.2) is 15.4 Å². The topological polar surface area (TPSA) is 116 Å². The molecule has 4 unspecified atom stereocenters. The lowest BCUT2D eigenvalue weighted by atomic mass is 9.95. The number of carbonyl (C=O) groups excluding carboxylic acids is 1.